The van der Waals surface area contributed by atoms with E-state index in [0.29, 0.717) is 19.2 Å². The van der Waals surface area contributed by atoms with Crippen LogP contribution in [0.3, 0.4) is 0 Å². The number of allylic oxidation sites excluding steroid dienone is 2. The van der Waals surface area contributed by atoms with Gasteiger partial charge in [0.15, 0.2) is 11.6 Å². The van der Waals surface area contributed by atoms with Crippen molar-refractivity contribution >= 4 is 34.6 Å². The SMILES string of the molecule is O=C(/C=C(/c1cc(Cl)c(F)c(Cl)c1)C(F)(F)F)c1ccc2c(c1)COC21CNC1. The Balaban J connectivity index is 1.71. The quantitative estimate of drug-likeness (QED) is 0.302. The standard InChI is InChI=1S/C20H13Cl2F4NO2/c21-15-4-11(5-16(22)18(15)23)14(20(24,25)26)6-17(28)10-1-2-13-12(3-10)7-29-19(13)8-27-9-19/h1-6,27H,7-9H2/b14-6-. The van der Waals surface area contributed by atoms with Gasteiger partial charge in [0.2, 0.25) is 0 Å². The molecule has 0 aromatic heterocycles. The summed E-state index contributed by atoms with van der Waals surface area (Å²) in [4.78, 5) is 12.6. The molecule has 1 saturated heterocycles. The van der Waals surface area contributed by atoms with E-state index in [1.165, 1.54) is 6.07 Å². The fourth-order valence-corrected chi connectivity index (χ4v) is 3.99. The Morgan fingerprint density at radius 1 is 1.10 bits per heavy atom. The van der Waals surface area contributed by atoms with Gasteiger partial charge < -0.3 is 10.1 Å². The van der Waals surface area contributed by atoms with E-state index < -0.39 is 44.6 Å². The summed E-state index contributed by atoms with van der Waals surface area (Å²) in [6.45, 7) is 1.59. The van der Waals surface area contributed by atoms with Crippen LogP contribution in [0.5, 0.6) is 0 Å². The van der Waals surface area contributed by atoms with Crippen molar-refractivity contribution in [3.8, 4) is 0 Å². The second kappa shape index (κ2) is 7.09. The first-order valence-corrected chi connectivity index (χ1v) is 9.32. The van der Waals surface area contributed by atoms with E-state index >= 15 is 0 Å². The number of alkyl halides is 3. The van der Waals surface area contributed by atoms with Gasteiger partial charge in [0.1, 0.15) is 5.60 Å². The minimum Gasteiger partial charge on any atom is -0.363 e. The van der Waals surface area contributed by atoms with Crippen molar-refractivity contribution < 1.29 is 27.1 Å². The molecule has 0 radical (unpaired) electrons. The molecule has 1 fully saturated rings. The second-order valence-electron chi connectivity index (χ2n) is 6.93. The van der Waals surface area contributed by atoms with Gasteiger partial charge in [0.25, 0.3) is 0 Å². The predicted octanol–water partition coefficient (Wildman–Crippen LogP) is 5.29. The third-order valence-electron chi connectivity index (χ3n) is 5.08. The summed E-state index contributed by atoms with van der Waals surface area (Å²) in [6.07, 6.45) is -4.40. The summed E-state index contributed by atoms with van der Waals surface area (Å²) in [6, 6.07) is 6.31. The van der Waals surface area contributed by atoms with Gasteiger partial charge >= 0.3 is 6.18 Å². The van der Waals surface area contributed by atoms with Crippen LogP contribution in [-0.2, 0) is 16.9 Å². The topological polar surface area (TPSA) is 38.3 Å². The van der Waals surface area contributed by atoms with E-state index in [1.807, 2.05) is 0 Å². The normalized spacial score (nSPS) is 17.9. The van der Waals surface area contributed by atoms with Crippen molar-refractivity contribution in [3.05, 3.63) is 74.5 Å². The molecule has 2 aliphatic heterocycles. The van der Waals surface area contributed by atoms with Crippen LogP contribution in [0.15, 0.2) is 36.4 Å². The van der Waals surface area contributed by atoms with E-state index in [1.54, 1.807) is 12.1 Å². The van der Waals surface area contributed by atoms with Crippen LogP contribution in [-0.4, -0.2) is 25.0 Å². The summed E-state index contributed by atoms with van der Waals surface area (Å²) < 4.78 is 60.1. The first-order chi connectivity index (χ1) is 13.6. The van der Waals surface area contributed by atoms with Gasteiger partial charge in [-0.1, -0.05) is 35.3 Å². The van der Waals surface area contributed by atoms with Crippen LogP contribution in [0.2, 0.25) is 10.0 Å². The molecule has 2 aliphatic rings. The maximum absolute atomic E-state index is 13.6. The highest BCUT2D eigenvalue weighted by molar-refractivity contribution is 6.35. The molecule has 1 spiro atoms. The first-order valence-electron chi connectivity index (χ1n) is 8.57. The molecule has 4 rings (SSSR count). The molecule has 2 heterocycles. The lowest BCUT2D eigenvalue weighted by atomic mass is 9.86. The minimum absolute atomic E-state index is 0.0951. The summed E-state index contributed by atoms with van der Waals surface area (Å²) in [5.74, 6) is -1.87. The zero-order valence-corrected chi connectivity index (χ0v) is 16.2. The summed E-state index contributed by atoms with van der Waals surface area (Å²) >= 11 is 11.2. The largest absolute Gasteiger partial charge is 0.417 e. The zero-order chi connectivity index (χ0) is 21.0. The molecule has 0 bridgehead atoms. The molecule has 2 aromatic carbocycles. The Kier molecular flexibility index (Phi) is 4.98. The smallest absolute Gasteiger partial charge is 0.363 e. The lowest BCUT2D eigenvalue weighted by molar-refractivity contribution is -0.0746. The number of ketones is 1. The molecule has 3 nitrogen and oxygen atoms in total. The number of hydrogen-bond acceptors (Lipinski definition) is 3. The number of nitrogens with one attached hydrogen (secondary N) is 1. The van der Waals surface area contributed by atoms with E-state index in [0.717, 1.165) is 23.3 Å². The Hall–Kier alpha value is -1.93. The molecule has 0 atom stereocenters. The molecule has 9 heteroatoms. The fraction of sp³-hybridized carbons (Fsp3) is 0.250. The van der Waals surface area contributed by atoms with Gasteiger partial charge in [-0.15, -0.1) is 0 Å². The highest BCUT2D eigenvalue weighted by Gasteiger charge is 2.45. The van der Waals surface area contributed by atoms with Crippen molar-refractivity contribution in [2.45, 2.75) is 18.4 Å². The van der Waals surface area contributed by atoms with E-state index in [9.17, 15) is 22.4 Å². The zero-order valence-electron chi connectivity index (χ0n) is 14.7. The van der Waals surface area contributed by atoms with Crippen LogP contribution >= 0.6 is 23.2 Å². The number of ether oxygens (including phenoxy) is 1. The molecule has 0 unspecified atom stereocenters. The molecule has 0 aliphatic carbocycles. The molecule has 2 aromatic rings. The van der Waals surface area contributed by atoms with Crippen LogP contribution in [0.25, 0.3) is 5.57 Å². The highest BCUT2D eigenvalue weighted by atomic mass is 35.5. The van der Waals surface area contributed by atoms with Crippen molar-refractivity contribution in [3.63, 3.8) is 0 Å². The lowest BCUT2D eigenvalue weighted by Crippen LogP contribution is -2.56. The van der Waals surface area contributed by atoms with Crippen LogP contribution in [0, 0.1) is 5.82 Å². The third kappa shape index (κ3) is 3.57. The van der Waals surface area contributed by atoms with Gasteiger partial charge in [-0.05, 0) is 41.0 Å². The molecule has 0 amide bonds. The average Bonchev–Trinajstić information content (AvgIpc) is 3.01. The molecule has 29 heavy (non-hydrogen) atoms. The summed E-state index contributed by atoms with van der Waals surface area (Å²) in [5, 5.41) is 1.99. The third-order valence-corrected chi connectivity index (χ3v) is 5.63. The Morgan fingerprint density at radius 2 is 1.76 bits per heavy atom. The van der Waals surface area contributed by atoms with Crippen molar-refractivity contribution in [1.82, 2.24) is 5.32 Å². The second-order valence-corrected chi connectivity index (χ2v) is 7.75. The predicted molar refractivity (Wildman–Crippen MR) is 101 cm³/mol. The van der Waals surface area contributed by atoms with E-state index in [-0.39, 0.29) is 12.2 Å². The van der Waals surface area contributed by atoms with Crippen LogP contribution < -0.4 is 5.32 Å². The minimum atomic E-state index is -4.87. The van der Waals surface area contributed by atoms with Crippen LogP contribution in [0.1, 0.15) is 27.0 Å². The van der Waals surface area contributed by atoms with Gasteiger partial charge in [0.05, 0.1) is 22.2 Å². The molecule has 152 valence electrons. The number of fused-ring (bicyclic) bond motifs is 2. The van der Waals surface area contributed by atoms with Gasteiger partial charge in [-0.3, -0.25) is 4.79 Å². The van der Waals surface area contributed by atoms with Gasteiger partial charge in [-0.25, -0.2) is 4.39 Å². The monoisotopic (exact) mass is 445 g/mol. The van der Waals surface area contributed by atoms with Gasteiger partial charge in [-0.2, -0.15) is 13.2 Å². The number of hydrogen-bond donors (Lipinski definition) is 1. The van der Waals surface area contributed by atoms with Crippen molar-refractivity contribution in [1.29, 1.82) is 0 Å². The highest BCUT2D eigenvalue weighted by Crippen LogP contribution is 2.40. The maximum atomic E-state index is 13.6. The Bertz CT molecular complexity index is 1020. The number of carbonyl (C=O) groups excluding carboxylic acids is 1. The number of halogens is 6. The Morgan fingerprint density at radius 3 is 2.31 bits per heavy atom. The number of benzene rings is 2. The molecule has 0 saturated carbocycles. The van der Waals surface area contributed by atoms with E-state index in [2.05, 4.69) is 5.32 Å². The number of rotatable bonds is 3. The summed E-state index contributed by atoms with van der Waals surface area (Å²) in [7, 11) is 0. The maximum Gasteiger partial charge on any atom is 0.417 e. The van der Waals surface area contributed by atoms with E-state index in [4.69, 9.17) is 27.9 Å². The van der Waals surface area contributed by atoms with Crippen molar-refractivity contribution in [2.75, 3.05) is 13.1 Å². The average molecular weight is 446 g/mol. The fourth-order valence-electron chi connectivity index (χ4n) is 3.50. The summed E-state index contributed by atoms with van der Waals surface area (Å²) in [5.41, 5.74) is -0.366. The lowest BCUT2D eigenvalue weighted by Gasteiger charge is -2.39. The Labute approximate surface area is 173 Å². The first kappa shape index (κ1) is 20.3. The molecular formula is C20H13Cl2F4NO2. The van der Waals surface area contributed by atoms with Crippen molar-refractivity contribution in [2.24, 2.45) is 0 Å². The van der Waals surface area contributed by atoms with Crippen LogP contribution in [0.4, 0.5) is 17.6 Å². The molecular weight excluding hydrogens is 433 g/mol. The molecule has 1 N–H and O–H groups in total. The number of carbonyl (C=O) groups is 1. The van der Waals surface area contributed by atoms with Gasteiger partial charge in [0, 0.05) is 18.7 Å².